The van der Waals surface area contributed by atoms with Crippen molar-refractivity contribution in [3.05, 3.63) is 29.3 Å². The Morgan fingerprint density at radius 1 is 1.50 bits per heavy atom. The highest BCUT2D eigenvalue weighted by Gasteiger charge is 2.04. The maximum atomic E-state index is 11.4. The minimum atomic E-state index is -0.0896. The lowest BCUT2D eigenvalue weighted by Crippen LogP contribution is -2.31. The maximum absolute atomic E-state index is 11.4. The number of benzene rings is 1. The molecule has 4 nitrogen and oxygen atoms in total. The fourth-order valence-electron chi connectivity index (χ4n) is 1.81. The van der Waals surface area contributed by atoms with E-state index >= 15 is 0 Å². The fourth-order valence-corrected chi connectivity index (χ4v) is 1.81. The number of aryl methyl sites for hydroxylation is 1. The van der Waals surface area contributed by atoms with E-state index in [1.807, 2.05) is 26.0 Å². The number of hydrogen-bond acceptors (Lipinski definition) is 3. The predicted octanol–water partition coefficient (Wildman–Crippen LogP) is 1.40. The number of ether oxygens (including phenoxy) is 1. The maximum Gasteiger partial charge on any atom is 0.221 e. The van der Waals surface area contributed by atoms with Crippen LogP contribution in [-0.4, -0.2) is 25.6 Å². The average Bonchev–Trinajstić information content (AvgIpc) is 2.28. The highest BCUT2D eigenvalue weighted by molar-refractivity contribution is 5.76. The third-order valence-electron chi connectivity index (χ3n) is 2.70. The van der Waals surface area contributed by atoms with Crippen molar-refractivity contribution in [2.75, 3.05) is 13.7 Å². The first-order chi connectivity index (χ1) is 8.52. The second kappa shape index (κ2) is 7.01. The van der Waals surface area contributed by atoms with E-state index in [4.69, 9.17) is 10.5 Å². The van der Waals surface area contributed by atoms with Crippen LogP contribution in [0.25, 0.3) is 0 Å². The summed E-state index contributed by atoms with van der Waals surface area (Å²) < 4.78 is 5.20. The van der Waals surface area contributed by atoms with Crippen LogP contribution in [0.15, 0.2) is 18.2 Å². The van der Waals surface area contributed by atoms with Crippen molar-refractivity contribution in [2.24, 2.45) is 5.73 Å². The summed E-state index contributed by atoms with van der Waals surface area (Å²) in [4.78, 5) is 11.4. The minimum absolute atomic E-state index is 0.00948. The molecule has 100 valence electrons. The van der Waals surface area contributed by atoms with Gasteiger partial charge in [-0.1, -0.05) is 12.1 Å². The molecule has 0 aliphatic rings. The third-order valence-corrected chi connectivity index (χ3v) is 2.70. The molecule has 0 aliphatic heterocycles. The Kier molecular flexibility index (Phi) is 5.65. The molecule has 0 saturated heterocycles. The summed E-state index contributed by atoms with van der Waals surface area (Å²) in [6.07, 6.45) is 1.19. The molecule has 1 aromatic carbocycles. The highest BCUT2D eigenvalue weighted by atomic mass is 16.5. The number of nitrogens with one attached hydrogen (secondary N) is 1. The van der Waals surface area contributed by atoms with Crippen LogP contribution in [0, 0.1) is 6.92 Å². The second-order valence-electron chi connectivity index (χ2n) is 4.59. The van der Waals surface area contributed by atoms with Gasteiger partial charge in [0.25, 0.3) is 0 Å². The molecule has 0 aromatic heterocycles. The van der Waals surface area contributed by atoms with Crippen molar-refractivity contribution >= 4 is 5.91 Å². The smallest absolute Gasteiger partial charge is 0.221 e. The molecule has 0 spiro atoms. The molecule has 0 bridgehead atoms. The summed E-state index contributed by atoms with van der Waals surface area (Å²) in [5.74, 6) is 0.898. The molecule has 4 heteroatoms. The fraction of sp³-hybridized carbons (Fsp3) is 0.500. The number of carbonyl (C=O) groups is 1. The van der Waals surface area contributed by atoms with Crippen LogP contribution < -0.4 is 15.8 Å². The van der Waals surface area contributed by atoms with E-state index < -0.39 is 0 Å². The molecule has 1 amide bonds. The number of amides is 1. The molecular formula is C14H22N2O2. The first kappa shape index (κ1) is 14.5. The van der Waals surface area contributed by atoms with Gasteiger partial charge in [-0.05, 0) is 37.5 Å². The van der Waals surface area contributed by atoms with Crippen molar-refractivity contribution in [1.29, 1.82) is 0 Å². The third kappa shape index (κ3) is 4.75. The van der Waals surface area contributed by atoms with E-state index in [2.05, 4.69) is 11.4 Å². The van der Waals surface area contributed by atoms with Gasteiger partial charge in [0, 0.05) is 19.0 Å². The van der Waals surface area contributed by atoms with Gasteiger partial charge in [-0.2, -0.15) is 0 Å². The zero-order valence-corrected chi connectivity index (χ0v) is 11.3. The molecule has 1 unspecified atom stereocenters. The summed E-state index contributed by atoms with van der Waals surface area (Å²) in [5, 5.41) is 2.86. The molecule has 3 N–H and O–H groups in total. The van der Waals surface area contributed by atoms with Crippen LogP contribution in [0.1, 0.15) is 24.5 Å². The molecule has 18 heavy (non-hydrogen) atoms. The van der Waals surface area contributed by atoms with Crippen LogP contribution >= 0.6 is 0 Å². The molecule has 0 heterocycles. The highest BCUT2D eigenvalue weighted by Crippen LogP contribution is 2.18. The topological polar surface area (TPSA) is 64.3 Å². The molecule has 0 aliphatic carbocycles. The largest absolute Gasteiger partial charge is 0.496 e. The van der Waals surface area contributed by atoms with Gasteiger partial charge >= 0.3 is 0 Å². The van der Waals surface area contributed by atoms with Crippen LogP contribution in [0.4, 0.5) is 0 Å². The van der Waals surface area contributed by atoms with Gasteiger partial charge < -0.3 is 15.8 Å². The Labute approximate surface area is 109 Å². The number of nitrogens with two attached hydrogens (primary N) is 1. The normalized spacial score (nSPS) is 12.0. The van der Waals surface area contributed by atoms with Gasteiger partial charge in [0.1, 0.15) is 5.75 Å². The Morgan fingerprint density at radius 3 is 2.78 bits per heavy atom. The molecule has 1 aromatic rings. The minimum Gasteiger partial charge on any atom is -0.496 e. The SMILES string of the molecule is COc1ccc(CCNC(=O)CC(C)N)cc1C. The van der Waals surface area contributed by atoms with Crippen LogP contribution in [0.5, 0.6) is 5.75 Å². The number of rotatable bonds is 6. The van der Waals surface area contributed by atoms with E-state index in [1.165, 1.54) is 5.56 Å². The molecule has 0 radical (unpaired) electrons. The van der Waals surface area contributed by atoms with Gasteiger partial charge in [-0.3, -0.25) is 4.79 Å². The van der Waals surface area contributed by atoms with E-state index in [0.717, 1.165) is 17.7 Å². The lowest BCUT2D eigenvalue weighted by molar-refractivity contribution is -0.121. The van der Waals surface area contributed by atoms with Crippen LogP contribution in [-0.2, 0) is 11.2 Å². The first-order valence-electron chi connectivity index (χ1n) is 6.18. The van der Waals surface area contributed by atoms with E-state index in [0.29, 0.717) is 13.0 Å². The monoisotopic (exact) mass is 250 g/mol. The number of carbonyl (C=O) groups excluding carboxylic acids is 1. The quantitative estimate of drug-likeness (QED) is 0.802. The summed E-state index contributed by atoms with van der Waals surface area (Å²) >= 11 is 0. The lowest BCUT2D eigenvalue weighted by atomic mass is 10.1. The molecule has 0 fully saturated rings. The molecule has 1 atom stereocenters. The van der Waals surface area contributed by atoms with Gasteiger partial charge in [0.2, 0.25) is 5.91 Å². The lowest BCUT2D eigenvalue weighted by Gasteiger charge is -2.09. The van der Waals surface area contributed by atoms with E-state index in [-0.39, 0.29) is 11.9 Å². The molecular weight excluding hydrogens is 228 g/mol. The van der Waals surface area contributed by atoms with Crippen LogP contribution in [0.2, 0.25) is 0 Å². The van der Waals surface area contributed by atoms with Crippen molar-refractivity contribution < 1.29 is 9.53 Å². The van der Waals surface area contributed by atoms with Gasteiger partial charge in [-0.15, -0.1) is 0 Å². The van der Waals surface area contributed by atoms with Crippen molar-refractivity contribution in [2.45, 2.75) is 32.7 Å². The second-order valence-corrected chi connectivity index (χ2v) is 4.59. The number of hydrogen-bond donors (Lipinski definition) is 2. The van der Waals surface area contributed by atoms with E-state index in [1.54, 1.807) is 7.11 Å². The Hall–Kier alpha value is -1.55. The van der Waals surface area contributed by atoms with Crippen molar-refractivity contribution in [3.63, 3.8) is 0 Å². The first-order valence-corrected chi connectivity index (χ1v) is 6.18. The summed E-state index contributed by atoms with van der Waals surface area (Å²) in [7, 11) is 1.66. The zero-order chi connectivity index (χ0) is 13.5. The Morgan fingerprint density at radius 2 is 2.22 bits per heavy atom. The standard InChI is InChI=1S/C14H22N2O2/c1-10-8-12(4-5-13(10)18-3)6-7-16-14(17)9-11(2)15/h4-5,8,11H,6-7,9,15H2,1-3H3,(H,16,17). The molecule has 1 rings (SSSR count). The summed E-state index contributed by atoms with van der Waals surface area (Å²) in [5.41, 5.74) is 7.85. The Bertz CT molecular complexity index is 403. The van der Waals surface area contributed by atoms with Gasteiger partial charge in [-0.25, -0.2) is 0 Å². The van der Waals surface area contributed by atoms with Crippen molar-refractivity contribution in [1.82, 2.24) is 5.32 Å². The zero-order valence-electron chi connectivity index (χ0n) is 11.3. The Balaban J connectivity index is 2.40. The summed E-state index contributed by atoms with van der Waals surface area (Å²) in [6.45, 7) is 4.47. The van der Waals surface area contributed by atoms with E-state index in [9.17, 15) is 4.79 Å². The van der Waals surface area contributed by atoms with Gasteiger partial charge in [0.15, 0.2) is 0 Å². The van der Waals surface area contributed by atoms with Gasteiger partial charge in [0.05, 0.1) is 7.11 Å². The van der Waals surface area contributed by atoms with Crippen LogP contribution in [0.3, 0.4) is 0 Å². The number of methoxy groups -OCH3 is 1. The average molecular weight is 250 g/mol. The van der Waals surface area contributed by atoms with Crippen molar-refractivity contribution in [3.8, 4) is 5.75 Å². The summed E-state index contributed by atoms with van der Waals surface area (Å²) in [6, 6.07) is 5.96. The molecule has 0 saturated carbocycles. The predicted molar refractivity (Wildman–Crippen MR) is 72.7 cm³/mol.